The van der Waals surface area contributed by atoms with E-state index in [2.05, 4.69) is 6.58 Å². The molecule has 0 bridgehead atoms. The second-order valence-electron chi connectivity index (χ2n) is 7.45. The van der Waals surface area contributed by atoms with Crippen LogP contribution < -0.4 is 9.47 Å². The van der Waals surface area contributed by atoms with Gasteiger partial charge in [0.2, 0.25) is 5.91 Å². The van der Waals surface area contributed by atoms with E-state index in [0.717, 1.165) is 50.8 Å². The Bertz CT molecular complexity index is 704. The molecule has 1 aromatic carbocycles. The van der Waals surface area contributed by atoms with Crippen LogP contribution in [-0.2, 0) is 16.0 Å². The van der Waals surface area contributed by atoms with Crippen molar-refractivity contribution in [3.8, 4) is 11.5 Å². The Morgan fingerprint density at radius 2 is 1.82 bits per heavy atom. The Hall–Kier alpha value is -2.50. The molecular formula is C22H30N2O4. The summed E-state index contributed by atoms with van der Waals surface area (Å²) in [6, 6.07) is 5.67. The molecule has 2 heterocycles. The first-order valence-electron chi connectivity index (χ1n) is 10.1. The summed E-state index contributed by atoms with van der Waals surface area (Å²) in [6.07, 6.45) is 6.27. The highest BCUT2D eigenvalue weighted by molar-refractivity contribution is 5.81. The zero-order chi connectivity index (χ0) is 19.9. The molecule has 0 saturated carbocycles. The Labute approximate surface area is 167 Å². The van der Waals surface area contributed by atoms with Gasteiger partial charge in [0, 0.05) is 32.1 Å². The molecule has 28 heavy (non-hydrogen) atoms. The summed E-state index contributed by atoms with van der Waals surface area (Å²) in [5.41, 5.74) is 1.08. The van der Waals surface area contributed by atoms with Gasteiger partial charge in [-0.25, -0.2) is 0 Å². The van der Waals surface area contributed by atoms with Crippen molar-refractivity contribution in [3.63, 3.8) is 0 Å². The second-order valence-corrected chi connectivity index (χ2v) is 7.45. The number of ether oxygens (including phenoxy) is 2. The molecule has 3 rings (SSSR count). The number of benzene rings is 1. The van der Waals surface area contributed by atoms with Crippen molar-refractivity contribution in [1.82, 2.24) is 9.80 Å². The predicted octanol–water partition coefficient (Wildman–Crippen LogP) is 2.66. The summed E-state index contributed by atoms with van der Waals surface area (Å²) in [5, 5.41) is 0. The zero-order valence-electron chi connectivity index (χ0n) is 16.7. The first-order valence-corrected chi connectivity index (χ1v) is 10.1. The van der Waals surface area contributed by atoms with Gasteiger partial charge in [-0.3, -0.25) is 9.59 Å². The molecule has 2 aliphatic heterocycles. The van der Waals surface area contributed by atoms with Crippen molar-refractivity contribution in [2.24, 2.45) is 5.92 Å². The molecule has 2 saturated heterocycles. The summed E-state index contributed by atoms with van der Waals surface area (Å²) in [7, 11) is 1.59. The third-order valence-electron chi connectivity index (χ3n) is 5.57. The number of amides is 2. The fourth-order valence-corrected chi connectivity index (χ4v) is 3.93. The third-order valence-corrected chi connectivity index (χ3v) is 5.57. The van der Waals surface area contributed by atoms with Crippen molar-refractivity contribution >= 4 is 11.8 Å². The normalized spacial score (nSPS) is 17.5. The van der Waals surface area contributed by atoms with E-state index < -0.39 is 0 Å². The van der Waals surface area contributed by atoms with E-state index in [1.54, 1.807) is 12.0 Å². The van der Waals surface area contributed by atoms with Gasteiger partial charge in [-0.05, 0) is 49.8 Å². The van der Waals surface area contributed by atoms with Crippen LogP contribution in [0.4, 0.5) is 0 Å². The second kappa shape index (κ2) is 9.62. The largest absolute Gasteiger partial charge is 0.493 e. The molecule has 6 heteroatoms. The monoisotopic (exact) mass is 386 g/mol. The van der Waals surface area contributed by atoms with E-state index in [-0.39, 0.29) is 24.3 Å². The van der Waals surface area contributed by atoms with Gasteiger partial charge in [0.05, 0.1) is 7.11 Å². The minimum Gasteiger partial charge on any atom is -0.493 e. The van der Waals surface area contributed by atoms with Crippen LogP contribution in [0.1, 0.15) is 31.2 Å². The number of hydrogen-bond acceptors (Lipinski definition) is 4. The van der Waals surface area contributed by atoms with Crippen molar-refractivity contribution in [2.45, 2.75) is 32.1 Å². The van der Waals surface area contributed by atoms with Crippen molar-refractivity contribution in [1.29, 1.82) is 0 Å². The van der Waals surface area contributed by atoms with E-state index in [4.69, 9.17) is 9.47 Å². The van der Waals surface area contributed by atoms with Crippen LogP contribution in [0.25, 0.3) is 0 Å². The summed E-state index contributed by atoms with van der Waals surface area (Å²) in [5.74, 6) is 1.44. The molecule has 0 aromatic heterocycles. The average molecular weight is 386 g/mol. The fraction of sp³-hybridized carbons (Fsp3) is 0.545. The van der Waals surface area contributed by atoms with Crippen LogP contribution in [0, 0.1) is 5.92 Å². The minimum absolute atomic E-state index is 0.0259. The maximum absolute atomic E-state index is 12.5. The number of methoxy groups -OCH3 is 1. The molecule has 0 spiro atoms. The Kier molecular flexibility index (Phi) is 6.95. The maximum atomic E-state index is 12.5. The smallest absolute Gasteiger partial charge is 0.260 e. The topological polar surface area (TPSA) is 59.1 Å². The fourth-order valence-electron chi connectivity index (χ4n) is 3.93. The first-order chi connectivity index (χ1) is 13.6. The van der Waals surface area contributed by atoms with Gasteiger partial charge < -0.3 is 19.3 Å². The number of rotatable bonds is 7. The van der Waals surface area contributed by atoms with Gasteiger partial charge in [-0.1, -0.05) is 12.1 Å². The van der Waals surface area contributed by atoms with Crippen LogP contribution in [0.15, 0.2) is 30.9 Å². The molecule has 0 radical (unpaired) electrons. The highest BCUT2D eigenvalue weighted by atomic mass is 16.5. The number of hydrogen-bond donors (Lipinski definition) is 0. The number of piperidine rings is 1. The number of carbonyl (C=O) groups excluding carboxylic acids is 2. The van der Waals surface area contributed by atoms with Crippen molar-refractivity contribution in [2.75, 3.05) is 39.9 Å². The molecule has 0 aliphatic carbocycles. The summed E-state index contributed by atoms with van der Waals surface area (Å²) < 4.78 is 11.1. The highest BCUT2D eigenvalue weighted by Gasteiger charge is 2.31. The predicted molar refractivity (Wildman–Crippen MR) is 108 cm³/mol. The number of likely N-dealkylation sites (tertiary alicyclic amines) is 2. The lowest BCUT2D eigenvalue weighted by Gasteiger charge is -2.33. The Balaban J connectivity index is 1.48. The summed E-state index contributed by atoms with van der Waals surface area (Å²) >= 11 is 0. The van der Waals surface area contributed by atoms with E-state index >= 15 is 0 Å². The molecule has 152 valence electrons. The lowest BCUT2D eigenvalue weighted by atomic mass is 9.95. The van der Waals surface area contributed by atoms with Crippen LogP contribution in [0.3, 0.4) is 0 Å². The Morgan fingerprint density at radius 3 is 2.46 bits per heavy atom. The zero-order valence-corrected chi connectivity index (χ0v) is 16.7. The van der Waals surface area contributed by atoms with E-state index in [0.29, 0.717) is 24.6 Å². The van der Waals surface area contributed by atoms with Gasteiger partial charge in [-0.15, -0.1) is 6.58 Å². The van der Waals surface area contributed by atoms with E-state index in [9.17, 15) is 9.59 Å². The van der Waals surface area contributed by atoms with Gasteiger partial charge >= 0.3 is 0 Å². The summed E-state index contributed by atoms with van der Waals surface area (Å²) in [6.45, 7) is 6.71. The van der Waals surface area contributed by atoms with Crippen LogP contribution in [0.2, 0.25) is 0 Å². The molecule has 6 nitrogen and oxygen atoms in total. The van der Waals surface area contributed by atoms with Crippen LogP contribution in [0.5, 0.6) is 11.5 Å². The van der Waals surface area contributed by atoms with Crippen molar-refractivity contribution in [3.05, 3.63) is 36.4 Å². The van der Waals surface area contributed by atoms with Gasteiger partial charge in [-0.2, -0.15) is 0 Å². The minimum atomic E-state index is -0.0516. The molecule has 2 fully saturated rings. The third kappa shape index (κ3) is 4.86. The molecule has 0 unspecified atom stereocenters. The number of allylic oxidation sites excluding steroid dienone is 1. The number of carbonyl (C=O) groups is 2. The van der Waals surface area contributed by atoms with E-state index in [1.807, 2.05) is 29.2 Å². The Morgan fingerprint density at radius 1 is 1.11 bits per heavy atom. The SMILES string of the molecule is C=CCc1ccc(OCC(=O)N2CCC(C(=O)N3CCCC3)CC2)c(OC)c1. The van der Waals surface area contributed by atoms with Crippen molar-refractivity contribution < 1.29 is 19.1 Å². The average Bonchev–Trinajstić information content (AvgIpc) is 3.27. The molecule has 2 aliphatic rings. The quantitative estimate of drug-likeness (QED) is 0.676. The van der Waals surface area contributed by atoms with Crippen LogP contribution in [-0.4, -0.2) is 61.5 Å². The molecule has 2 amide bonds. The number of nitrogens with zero attached hydrogens (tertiary/aromatic N) is 2. The lowest BCUT2D eigenvalue weighted by Crippen LogP contribution is -2.45. The molecule has 1 aromatic rings. The van der Waals surface area contributed by atoms with Gasteiger partial charge in [0.15, 0.2) is 18.1 Å². The summed E-state index contributed by atoms with van der Waals surface area (Å²) in [4.78, 5) is 28.8. The van der Waals surface area contributed by atoms with E-state index in [1.165, 1.54) is 0 Å². The first kappa shape index (κ1) is 20.2. The van der Waals surface area contributed by atoms with Gasteiger partial charge in [0.25, 0.3) is 5.91 Å². The lowest BCUT2D eigenvalue weighted by molar-refractivity contribution is -0.140. The maximum Gasteiger partial charge on any atom is 0.260 e. The highest BCUT2D eigenvalue weighted by Crippen LogP contribution is 2.28. The molecular weight excluding hydrogens is 356 g/mol. The molecule has 0 atom stereocenters. The van der Waals surface area contributed by atoms with Crippen LogP contribution >= 0.6 is 0 Å². The molecule has 0 N–H and O–H groups in total. The van der Waals surface area contributed by atoms with Gasteiger partial charge in [0.1, 0.15) is 0 Å². The standard InChI is InChI=1S/C22H30N2O4/c1-3-6-17-7-8-19(20(15-17)27-2)28-16-21(25)23-13-9-18(10-14-23)22(26)24-11-4-5-12-24/h3,7-8,15,18H,1,4-6,9-14,16H2,2H3.